The molecular weight excluding hydrogens is 468 g/mol. The molecule has 2 aromatic rings. The molecule has 0 unspecified atom stereocenters. The Kier molecular flexibility index (Phi) is 9.63. The highest BCUT2D eigenvalue weighted by Gasteiger charge is 2.32. The van der Waals surface area contributed by atoms with Gasteiger partial charge in [0.25, 0.3) is 0 Å². The molecule has 37 heavy (non-hydrogen) atoms. The molecule has 0 radical (unpaired) electrons. The van der Waals surface area contributed by atoms with Crippen LogP contribution >= 0.6 is 0 Å². The maximum Gasteiger partial charge on any atom is 0.224 e. The standard InChI is InChI=1S/C29H42N4O4/c1-21-7-9-26(16-31-21)37-20-23-14-24(29(34)30-12-11-25-6-5-13-32(25)2)19-33(18-23)17-22-8-10-27(35-3)28(15-22)36-4/h7-10,15-16,23-25H,5-6,11-14,17-20H2,1-4H3,(H,30,34)/t23-,24+,25+/m0/s1. The smallest absolute Gasteiger partial charge is 0.224 e. The zero-order chi connectivity index (χ0) is 26.2. The molecule has 0 bridgehead atoms. The molecule has 1 aromatic carbocycles. The summed E-state index contributed by atoms with van der Waals surface area (Å²) in [5, 5.41) is 3.24. The number of hydrogen-bond acceptors (Lipinski definition) is 7. The zero-order valence-corrected chi connectivity index (χ0v) is 22.7. The van der Waals surface area contributed by atoms with Crippen LogP contribution in [0.15, 0.2) is 36.5 Å². The molecule has 0 aliphatic carbocycles. The second-order valence-corrected chi connectivity index (χ2v) is 10.5. The first kappa shape index (κ1) is 27.2. The predicted octanol–water partition coefficient (Wildman–Crippen LogP) is 3.52. The van der Waals surface area contributed by atoms with Crippen LogP contribution in [0.25, 0.3) is 0 Å². The van der Waals surface area contributed by atoms with Crippen molar-refractivity contribution < 1.29 is 19.0 Å². The lowest BCUT2D eigenvalue weighted by Crippen LogP contribution is -2.47. The van der Waals surface area contributed by atoms with E-state index in [1.807, 2.05) is 31.2 Å². The van der Waals surface area contributed by atoms with Crippen LogP contribution in [-0.4, -0.2) is 80.8 Å². The fraction of sp³-hybridized carbons (Fsp3) is 0.586. The summed E-state index contributed by atoms with van der Waals surface area (Å²) in [6.07, 6.45) is 6.07. The van der Waals surface area contributed by atoms with Gasteiger partial charge >= 0.3 is 0 Å². The minimum atomic E-state index is -0.0695. The first-order valence-corrected chi connectivity index (χ1v) is 13.4. The van der Waals surface area contributed by atoms with Crippen LogP contribution in [0, 0.1) is 18.8 Å². The number of benzene rings is 1. The van der Waals surface area contributed by atoms with Gasteiger partial charge in [0.1, 0.15) is 5.75 Å². The third-order valence-corrected chi connectivity index (χ3v) is 7.66. The number of ether oxygens (including phenoxy) is 3. The fourth-order valence-corrected chi connectivity index (χ4v) is 5.58. The topological polar surface area (TPSA) is 76.2 Å². The number of likely N-dealkylation sites (tertiary alicyclic amines) is 2. The summed E-state index contributed by atoms with van der Waals surface area (Å²) >= 11 is 0. The number of aromatic nitrogens is 1. The van der Waals surface area contributed by atoms with Crippen molar-refractivity contribution >= 4 is 5.91 Å². The average molecular weight is 511 g/mol. The summed E-state index contributed by atoms with van der Waals surface area (Å²) in [7, 11) is 5.48. The van der Waals surface area contributed by atoms with E-state index in [9.17, 15) is 4.79 Å². The quantitative estimate of drug-likeness (QED) is 0.496. The molecule has 8 nitrogen and oxygen atoms in total. The van der Waals surface area contributed by atoms with Gasteiger partial charge in [-0.15, -0.1) is 0 Å². The zero-order valence-electron chi connectivity index (χ0n) is 22.7. The Labute approximate surface area is 221 Å². The highest BCUT2D eigenvalue weighted by atomic mass is 16.5. The van der Waals surface area contributed by atoms with Crippen molar-refractivity contribution in [2.45, 2.75) is 45.2 Å². The lowest BCUT2D eigenvalue weighted by atomic mass is 9.88. The highest BCUT2D eigenvalue weighted by Crippen LogP contribution is 2.30. The number of aryl methyl sites for hydroxylation is 1. The second-order valence-electron chi connectivity index (χ2n) is 10.5. The number of amides is 1. The molecule has 3 atom stereocenters. The van der Waals surface area contributed by atoms with E-state index in [-0.39, 0.29) is 17.7 Å². The number of carbonyl (C=O) groups excluding carboxylic acids is 1. The molecule has 1 amide bonds. The van der Waals surface area contributed by atoms with Crippen molar-refractivity contribution in [3.05, 3.63) is 47.8 Å². The van der Waals surface area contributed by atoms with Crippen LogP contribution in [0.1, 0.15) is 36.9 Å². The SMILES string of the molecule is COc1ccc(CN2C[C@@H](COc3ccc(C)nc3)C[C@@H](C(=O)NCC[C@H]3CCCN3C)C2)cc1OC. The first-order valence-electron chi connectivity index (χ1n) is 13.4. The number of nitrogens with one attached hydrogen (secondary N) is 1. The van der Waals surface area contributed by atoms with Crippen molar-refractivity contribution in [1.82, 2.24) is 20.1 Å². The summed E-state index contributed by atoms with van der Waals surface area (Å²) in [4.78, 5) is 22.4. The Hall–Kier alpha value is -2.84. The largest absolute Gasteiger partial charge is 0.493 e. The van der Waals surface area contributed by atoms with E-state index in [1.54, 1.807) is 20.4 Å². The van der Waals surface area contributed by atoms with Gasteiger partial charge in [0, 0.05) is 43.8 Å². The van der Waals surface area contributed by atoms with Gasteiger partial charge in [-0.1, -0.05) is 6.07 Å². The minimum Gasteiger partial charge on any atom is -0.493 e. The lowest BCUT2D eigenvalue weighted by molar-refractivity contribution is -0.127. The summed E-state index contributed by atoms with van der Waals surface area (Å²) in [6, 6.07) is 10.5. The van der Waals surface area contributed by atoms with Crippen LogP contribution < -0.4 is 19.5 Å². The number of carbonyl (C=O) groups is 1. The van der Waals surface area contributed by atoms with E-state index in [1.165, 1.54) is 12.8 Å². The lowest BCUT2D eigenvalue weighted by Gasteiger charge is -2.37. The van der Waals surface area contributed by atoms with Gasteiger partial charge in [0.05, 0.1) is 32.9 Å². The average Bonchev–Trinajstić information content (AvgIpc) is 3.32. The van der Waals surface area contributed by atoms with Gasteiger partial charge in [0.15, 0.2) is 11.5 Å². The Bertz CT molecular complexity index is 1020. The number of methoxy groups -OCH3 is 2. The normalized spacial score (nSPS) is 22.5. The van der Waals surface area contributed by atoms with Gasteiger partial charge < -0.3 is 24.4 Å². The van der Waals surface area contributed by atoms with Gasteiger partial charge in [-0.2, -0.15) is 0 Å². The van der Waals surface area contributed by atoms with Crippen LogP contribution in [-0.2, 0) is 11.3 Å². The molecule has 4 rings (SSSR count). The number of hydrogen-bond donors (Lipinski definition) is 1. The monoisotopic (exact) mass is 510 g/mol. The van der Waals surface area contributed by atoms with Crippen molar-refractivity contribution in [2.24, 2.45) is 11.8 Å². The Balaban J connectivity index is 1.39. The van der Waals surface area contributed by atoms with Gasteiger partial charge in [-0.3, -0.25) is 14.7 Å². The predicted molar refractivity (Wildman–Crippen MR) is 144 cm³/mol. The van der Waals surface area contributed by atoms with E-state index in [0.717, 1.165) is 68.3 Å². The van der Waals surface area contributed by atoms with E-state index in [4.69, 9.17) is 14.2 Å². The Morgan fingerprint density at radius 3 is 2.68 bits per heavy atom. The van der Waals surface area contributed by atoms with Crippen molar-refractivity contribution in [3.8, 4) is 17.2 Å². The Morgan fingerprint density at radius 2 is 1.97 bits per heavy atom. The maximum absolute atomic E-state index is 13.3. The Morgan fingerprint density at radius 1 is 1.14 bits per heavy atom. The van der Waals surface area contributed by atoms with Crippen LogP contribution in [0.2, 0.25) is 0 Å². The second kappa shape index (κ2) is 13.1. The van der Waals surface area contributed by atoms with Gasteiger partial charge in [-0.05, 0) is 76.0 Å². The van der Waals surface area contributed by atoms with Gasteiger partial charge in [-0.25, -0.2) is 0 Å². The summed E-state index contributed by atoms with van der Waals surface area (Å²) in [6.45, 7) is 6.74. The number of piperidine rings is 1. The molecule has 202 valence electrons. The third kappa shape index (κ3) is 7.58. The maximum atomic E-state index is 13.3. The number of rotatable bonds is 11. The van der Waals surface area contributed by atoms with Crippen molar-refractivity contribution in [3.63, 3.8) is 0 Å². The molecule has 2 aliphatic heterocycles. The van der Waals surface area contributed by atoms with Crippen LogP contribution in [0.4, 0.5) is 0 Å². The summed E-state index contributed by atoms with van der Waals surface area (Å²) < 4.78 is 17.0. The molecule has 0 spiro atoms. The molecule has 2 saturated heterocycles. The molecule has 8 heteroatoms. The number of pyridine rings is 1. The van der Waals surface area contributed by atoms with E-state index >= 15 is 0 Å². The van der Waals surface area contributed by atoms with Crippen molar-refractivity contribution in [2.75, 3.05) is 54.1 Å². The molecule has 0 saturated carbocycles. The minimum absolute atomic E-state index is 0.0695. The first-order chi connectivity index (χ1) is 17.9. The van der Waals surface area contributed by atoms with Crippen LogP contribution in [0.3, 0.4) is 0 Å². The molecule has 2 fully saturated rings. The fourth-order valence-electron chi connectivity index (χ4n) is 5.58. The van der Waals surface area contributed by atoms with E-state index in [2.05, 4.69) is 33.2 Å². The molecule has 1 N–H and O–H groups in total. The number of nitrogens with zero attached hydrogens (tertiary/aromatic N) is 3. The van der Waals surface area contributed by atoms with E-state index < -0.39 is 0 Å². The highest BCUT2D eigenvalue weighted by molar-refractivity contribution is 5.79. The van der Waals surface area contributed by atoms with Gasteiger partial charge in [0.2, 0.25) is 5.91 Å². The molecule has 3 heterocycles. The van der Waals surface area contributed by atoms with Crippen LogP contribution in [0.5, 0.6) is 17.2 Å². The third-order valence-electron chi connectivity index (χ3n) is 7.66. The molecular formula is C29H42N4O4. The molecule has 2 aliphatic rings. The summed E-state index contributed by atoms with van der Waals surface area (Å²) in [5.74, 6) is 2.53. The van der Waals surface area contributed by atoms with Crippen molar-refractivity contribution in [1.29, 1.82) is 0 Å². The summed E-state index contributed by atoms with van der Waals surface area (Å²) in [5.41, 5.74) is 2.09. The molecule has 1 aromatic heterocycles. The van der Waals surface area contributed by atoms with E-state index in [0.29, 0.717) is 18.4 Å².